The molecule has 0 saturated heterocycles. The number of aromatic nitrogens is 3. The highest BCUT2D eigenvalue weighted by molar-refractivity contribution is 9.10. The molecule has 0 aliphatic rings. The Morgan fingerprint density at radius 3 is 2.71 bits per heavy atom. The lowest BCUT2D eigenvalue weighted by Gasteiger charge is -2.11. The van der Waals surface area contributed by atoms with Crippen molar-refractivity contribution < 1.29 is 0 Å². The molecule has 0 atom stereocenters. The minimum atomic E-state index is 0.318. The van der Waals surface area contributed by atoms with Crippen LogP contribution in [0.25, 0.3) is 10.8 Å². The van der Waals surface area contributed by atoms with Gasteiger partial charge in [-0.3, -0.25) is 0 Å². The second-order valence-electron chi connectivity index (χ2n) is 5.27. The van der Waals surface area contributed by atoms with E-state index in [1.165, 1.54) is 10.8 Å². The summed E-state index contributed by atoms with van der Waals surface area (Å²) in [6.45, 7) is 4.87. The Kier molecular flexibility index (Phi) is 3.92. The Balaban J connectivity index is 1.79. The lowest BCUT2D eigenvalue weighted by molar-refractivity contribution is 0.509. The van der Waals surface area contributed by atoms with Crippen LogP contribution in [0.1, 0.15) is 25.7 Å². The number of hydrogen-bond acceptors (Lipinski definition) is 3. The Hall–Kier alpha value is -1.88. The molecule has 4 nitrogen and oxygen atoms in total. The van der Waals surface area contributed by atoms with Gasteiger partial charge in [0.1, 0.15) is 12.2 Å². The maximum Gasteiger partial charge on any atom is 0.146 e. The zero-order valence-electron chi connectivity index (χ0n) is 12.0. The van der Waals surface area contributed by atoms with Crippen molar-refractivity contribution in [2.45, 2.75) is 26.4 Å². The second-order valence-corrected chi connectivity index (χ2v) is 6.19. The maximum absolute atomic E-state index is 4.31. The van der Waals surface area contributed by atoms with Gasteiger partial charge in [-0.05, 0) is 48.9 Å². The van der Waals surface area contributed by atoms with Crippen LogP contribution in [-0.2, 0) is 6.54 Å². The molecule has 0 aliphatic heterocycles. The minimum absolute atomic E-state index is 0.318. The lowest BCUT2D eigenvalue weighted by Crippen LogP contribution is -2.11. The summed E-state index contributed by atoms with van der Waals surface area (Å²) < 4.78 is 3.03. The van der Waals surface area contributed by atoms with Gasteiger partial charge in [-0.2, -0.15) is 5.10 Å². The molecule has 0 aliphatic carbocycles. The van der Waals surface area contributed by atoms with Crippen LogP contribution in [0.15, 0.2) is 47.2 Å². The predicted molar refractivity (Wildman–Crippen MR) is 89.4 cm³/mol. The van der Waals surface area contributed by atoms with E-state index in [4.69, 9.17) is 0 Å². The van der Waals surface area contributed by atoms with Gasteiger partial charge in [-0.1, -0.05) is 28.1 Å². The van der Waals surface area contributed by atoms with Crippen LogP contribution in [0.4, 0.5) is 5.69 Å². The zero-order valence-corrected chi connectivity index (χ0v) is 13.6. The highest BCUT2D eigenvalue weighted by Crippen LogP contribution is 2.23. The maximum atomic E-state index is 4.31. The van der Waals surface area contributed by atoms with Gasteiger partial charge in [0.15, 0.2) is 0 Å². The molecule has 0 unspecified atom stereocenters. The summed E-state index contributed by atoms with van der Waals surface area (Å²) in [5, 5.41) is 10.1. The van der Waals surface area contributed by atoms with E-state index in [0.29, 0.717) is 12.6 Å². The number of benzene rings is 2. The third-order valence-corrected chi connectivity index (χ3v) is 3.88. The smallest absolute Gasteiger partial charge is 0.146 e. The molecular formula is C16H17BrN4. The van der Waals surface area contributed by atoms with Gasteiger partial charge in [-0.15, -0.1) is 0 Å². The summed E-state index contributed by atoms with van der Waals surface area (Å²) in [7, 11) is 0. The van der Waals surface area contributed by atoms with Crippen LogP contribution >= 0.6 is 15.9 Å². The highest BCUT2D eigenvalue weighted by Gasteiger charge is 2.07. The zero-order chi connectivity index (χ0) is 14.8. The summed E-state index contributed by atoms with van der Waals surface area (Å²) in [6.07, 6.45) is 1.61. The number of nitrogens with zero attached hydrogens (tertiary/aromatic N) is 3. The minimum Gasteiger partial charge on any atom is -0.378 e. The fourth-order valence-electron chi connectivity index (χ4n) is 2.34. The lowest BCUT2D eigenvalue weighted by atomic mass is 10.1. The number of fused-ring (bicyclic) bond motifs is 1. The van der Waals surface area contributed by atoms with Crippen LogP contribution in [0.2, 0.25) is 0 Å². The summed E-state index contributed by atoms with van der Waals surface area (Å²) in [5.41, 5.74) is 1.09. The molecule has 3 rings (SSSR count). The van der Waals surface area contributed by atoms with Gasteiger partial charge in [-0.25, -0.2) is 9.67 Å². The largest absolute Gasteiger partial charge is 0.378 e. The van der Waals surface area contributed by atoms with E-state index in [0.717, 1.165) is 16.0 Å². The normalized spacial score (nSPS) is 11.2. The van der Waals surface area contributed by atoms with Crippen molar-refractivity contribution in [3.8, 4) is 0 Å². The average molecular weight is 345 g/mol. The van der Waals surface area contributed by atoms with Crippen molar-refractivity contribution in [2.24, 2.45) is 0 Å². The Morgan fingerprint density at radius 1 is 1.14 bits per heavy atom. The molecule has 5 heteroatoms. The monoisotopic (exact) mass is 344 g/mol. The fourth-order valence-corrected chi connectivity index (χ4v) is 2.72. The number of rotatable bonds is 4. The average Bonchev–Trinajstić information content (AvgIpc) is 2.93. The molecule has 0 radical (unpaired) electrons. The third kappa shape index (κ3) is 3.08. The van der Waals surface area contributed by atoms with E-state index < -0.39 is 0 Å². The quantitative estimate of drug-likeness (QED) is 0.763. The standard InChI is InChI=1S/C16H17BrN4/c1-11(2)21-16(19-10-20-21)9-18-15-6-4-12-7-14(17)5-3-13(12)8-15/h3-8,10-11,18H,9H2,1-2H3. The number of hydrogen-bond donors (Lipinski definition) is 1. The molecule has 1 heterocycles. The van der Waals surface area contributed by atoms with Crippen LogP contribution in [0.5, 0.6) is 0 Å². The van der Waals surface area contributed by atoms with Crippen molar-refractivity contribution in [1.29, 1.82) is 0 Å². The molecule has 0 fully saturated rings. The first-order valence-corrected chi connectivity index (χ1v) is 7.74. The molecule has 21 heavy (non-hydrogen) atoms. The molecule has 0 spiro atoms. The van der Waals surface area contributed by atoms with E-state index in [1.54, 1.807) is 6.33 Å². The second kappa shape index (κ2) is 5.85. The topological polar surface area (TPSA) is 42.7 Å². The van der Waals surface area contributed by atoms with Crippen LogP contribution < -0.4 is 5.32 Å². The van der Waals surface area contributed by atoms with E-state index >= 15 is 0 Å². The predicted octanol–water partition coefficient (Wildman–Crippen LogP) is 4.39. The van der Waals surface area contributed by atoms with Gasteiger partial charge >= 0.3 is 0 Å². The van der Waals surface area contributed by atoms with E-state index in [1.807, 2.05) is 4.68 Å². The van der Waals surface area contributed by atoms with Crippen molar-refractivity contribution >= 4 is 32.4 Å². The molecule has 0 amide bonds. The summed E-state index contributed by atoms with van der Waals surface area (Å²) in [6, 6.07) is 13.0. The Bertz CT molecular complexity index is 764. The molecule has 0 saturated carbocycles. The SMILES string of the molecule is CC(C)n1ncnc1CNc1ccc2cc(Br)ccc2c1. The van der Waals surface area contributed by atoms with Crippen LogP contribution in [-0.4, -0.2) is 14.8 Å². The van der Waals surface area contributed by atoms with Crippen molar-refractivity contribution in [3.63, 3.8) is 0 Å². The van der Waals surface area contributed by atoms with Gasteiger partial charge < -0.3 is 5.32 Å². The van der Waals surface area contributed by atoms with Crippen LogP contribution in [0.3, 0.4) is 0 Å². The van der Waals surface area contributed by atoms with Gasteiger partial charge in [0.2, 0.25) is 0 Å². The first-order chi connectivity index (χ1) is 10.1. The highest BCUT2D eigenvalue weighted by atomic mass is 79.9. The molecular weight excluding hydrogens is 328 g/mol. The molecule has 3 aromatic rings. The number of halogens is 1. The number of nitrogens with one attached hydrogen (secondary N) is 1. The van der Waals surface area contributed by atoms with Gasteiger partial charge in [0.25, 0.3) is 0 Å². The summed E-state index contributed by atoms with van der Waals surface area (Å²) in [5.74, 6) is 0.945. The Morgan fingerprint density at radius 2 is 1.90 bits per heavy atom. The molecule has 1 N–H and O–H groups in total. The summed E-state index contributed by atoms with van der Waals surface area (Å²) in [4.78, 5) is 4.31. The van der Waals surface area contributed by atoms with Gasteiger partial charge in [0, 0.05) is 16.2 Å². The fraction of sp³-hybridized carbons (Fsp3) is 0.250. The number of anilines is 1. The molecule has 2 aromatic carbocycles. The Labute approximate surface area is 132 Å². The van der Waals surface area contributed by atoms with Crippen molar-refractivity contribution in [2.75, 3.05) is 5.32 Å². The molecule has 0 bridgehead atoms. The molecule has 108 valence electrons. The third-order valence-electron chi connectivity index (χ3n) is 3.39. The van der Waals surface area contributed by atoms with Crippen LogP contribution in [0, 0.1) is 0 Å². The first-order valence-electron chi connectivity index (χ1n) is 6.95. The van der Waals surface area contributed by atoms with Crippen molar-refractivity contribution in [1.82, 2.24) is 14.8 Å². The van der Waals surface area contributed by atoms with E-state index in [2.05, 4.69) is 81.6 Å². The molecule has 1 aromatic heterocycles. The van der Waals surface area contributed by atoms with Crippen molar-refractivity contribution in [3.05, 3.63) is 53.0 Å². The van der Waals surface area contributed by atoms with Gasteiger partial charge in [0.05, 0.1) is 6.54 Å². The summed E-state index contributed by atoms with van der Waals surface area (Å²) >= 11 is 3.50. The van der Waals surface area contributed by atoms with E-state index in [9.17, 15) is 0 Å². The van der Waals surface area contributed by atoms with E-state index in [-0.39, 0.29) is 0 Å². The first kappa shape index (κ1) is 14.1.